The van der Waals surface area contributed by atoms with Crippen LogP contribution >= 0.6 is 23.4 Å². The molecule has 1 aliphatic heterocycles. The number of nitrogens with one attached hydrogen (secondary N) is 2. The predicted octanol–water partition coefficient (Wildman–Crippen LogP) is 8.35. The third kappa shape index (κ3) is 6.51. The number of halogens is 1. The number of aryl methyl sites for hydroxylation is 2. The van der Waals surface area contributed by atoms with Crippen LogP contribution in [0.3, 0.4) is 0 Å². The van der Waals surface area contributed by atoms with E-state index in [4.69, 9.17) is 26.4 Å². The van der Waals surface area contributed by atoms with E-state index in [0.717, 1.165) is 39.4 Å². The quantitative estimate of drug-likeness (QED) is 0.161. The van der Waals surface area contributed by atoms with Gasteiger partial charge in [-0.15, -0.1) is 5.10 Å². The lowest BCUT2D eigenvalue weighted by Crippen LogP contribution is -2.31. The fourth-order valence-corrected chi connectivity index (χ4v) is 6.16. The number of amides is 1. The zero-order valence-corrected chi connectivity index (χ0v) is 26.2. The first-order valence-electron chi connectivity index (χ1n) is 14.3. The highest BCUT2D eigenvalue weighted by Crippen LogP contribution is 2.38. The second-order valence-corrected chi connectivity index (χ2v) is 12.1. The van der Waals surface area contributed by atoms with Crippen LogP contribution in [0, 0.1) is 13.8 Å². The molecule has 7 nitrogen and oxygen atoms in total. The van der Waals surface area contributed by atoms with E-state index < -0.39 is 6.04 Å². The molecule has 1 aromatic heterocycles. The van der Waals surface area contributed by atoms with Crippen molar-refractivity contribution < 1.29 is 9.53 Å². The Morgan fingerprint density at radius 2 is 1.73 bits per heavy atom. The van der Waals surface area contributed by atoms with Crippen LogP contribution in [0.5, 0.6) is 5.75 Å². The molecular formula is C35H32ClN5O2S. The molecule has 1 aliphatic rings. The number of carbonyl (C=O) groups is 1. The van der Waals surface area contributed by atoms with E-state index in [1.807, 2.05) is 99.6 Å². The predicted molar refractivity (Wildman–Crippen MR) is 177 cm³/mol. The van der Waals surface area contributed by atoms with Gasteiger partial charge in [0.15, 0.2) is 0 Å². The normalized spacial score (nSPS) is 14.1. The molecule has 2 N–H and O–H groups in total. The van der Waals surface area contributed by atoms with Crippen molar-refractivity contribution >= 4 is 40.9 Å². The van der Waals surface area contributed by atoms with E-state index >= 15 is 0 Å². The largest absolute Gasteiger partial charge is 0.489 e. The highest BCUT2D eigenvalue weighted by Gasteiger charge is 2.34. The van der Waals surface area contributed by atoms with Crippen molar-refractivity contribution in [1.29, 1.82) is 0 Å². The van der Waals surface area contributed by atoms with Crippen LogP contribution in [0.4, 0.5) is 11.6 Å². The number of allylic oxidation sites excluding steroid dienone is 1. The third-order valence-electron chi connectivity index (χ3n) is 7.47. The second kappa shape index (κ2) is 13.0. The van der Waals surface area contributed by atoms with Crippen molar-refractivity contribution in [2.45, 2.75) is 44.3 Å². The molecule has 1 amide bonds. The standard InChI is InChI=1S/C35H32ClN5O2S/c1-22-13-18-30(23(2)19-22)38-33(42)31-24(3)37-34-39-35(44-21-25-9-5-4-6-10-25)40-41(34)32(31)26-14-16-28(17-15-26)43-20-27-11-7-8-12-29(27)36/h4-19,32H,20-21H2,1-3H3,(H,38,42)(H,37,39,40). The first kappa shape index (κ1) is 29.5. The maximum atomic E-state index is 14.0. The topological polar surface area (TPSA) is 81.1 Å². The van der Waals surface area contributed by atoms with Crippen LogP contribution in [0.2, 0.25) is 5.02 Å². The van der Waals surface area contributed by atoms with Gasteiger partial charge in [0.25, 0.3) is 5.91 Å². The van der Waals surface area contributed by atoms with E-state index in [9.17, 15) is 4.79 Å². The maximum Gasteiger partial charge on any atom is 0.255 e. The number of nitrogens with zero attached hydrogens (tertiary/aromatic N) is 3. The van der Waals surface area contributed by atoms with Crippen molar-refractivity contribution in [1.82, 2.24) is 14.8 Å². The van der Waals surface area contributed by atoms with Crippen LogP contribution in [-0.2, 0) is 17.2 Å². The van der Waals surface area contributed by atoms with Crippen molar-refractivity contribution in [2.24, 2.45) is 0 Å². The van der Waals surface area contributed by atoms with Gasteiger partial charge in [-0.2, -0.15) is 4.98 Å². The van der Waals surface area contributed by atoms with E-state index in [0.29, 0.717) is 34.1 Å². The van der Waals surface area contributed by atoms with Crippen LogP contribution in [0.15, 0.2) is 113 Å². The highest BCUT2D eigenvalue weighted by atomic mass is 35.5. The van der Waals surface area contributed by atoms with E-state index in [-0.39, 0.29) is 5.91 Å². The first-order valence-corrected chi connectivity index (χ1v) is 15.7. The molecule has 6 rings (SSSR count). The van der Waals surface area contributed by atoms with Gasteiger partial charge in [0.05, 0.1) is 5.57 Å². The number of aromatic nitrogens is 3. The summed E-state index contributed by atoms with van der Waals surface area (Å²) < 4.78 is 7.84. The number of hydrogen-bond donors (Lipinski definition) is 2. The van der Waals surface area contributed by atoms with Crippen LogP contribution in [0.1, 0.15) is 40.8 Å². The monoisotopic (exact) mass is 621 g/mol. The SMILES string of the molecule is CC1=C(C(=O)Nc2ccc(C)cc2C)C(c2ccc(OCc3ccccc3Cl)cc2)n2nc(SCc3ccccc3)nc2N1. The number of thioether (sulfide) groups is 1. The zero-order valence-electron chi connectivity index (χ0n) is 24.7. The molecule has 0 bridgehead atoms. The smallest absolute Gasteiger partial charge is 0.255 e. The maximum absolute atomic E-state index is 14.0. The van der Waals surface area contributed by atoms with Crippen molar-refractivity contribution in [3.63, 3.8) is 0 Å². The average molecular weight is 622 g/mol. The Morgan fingerprint density at radius 1 is 0.977 bits per heavy atom. The fraction of sp³-hybridized carbons (Fsp3) is 0.171. The van der Waals surface area contributed by atoms with Gasteiger partial charge < -0.3 is 15.4 Å². The fourth-order valence-electron chi connectivity index (χ4n) is 5.18. The molecule has 5 aromatic rings. The van der Waals surface area contributed by atoms with Crippen molar-refractivity contribution in [2.75, 3.05) is 10.6 Å². The average Bonchev–Trinajstić information content (AvgIpc) is 3.43. The molecule has 222 valence electrons. The molecule has 0 saturated heterocycles. The Labute approximate surface area is 266 Å². The Hall–Kier alpha value is -4.53. The lowest BCUT2D eigenvalue weighted by molar-refractivity contribution is -0.113. The minimum atomic E-state index is -0.506. The number of rotatable bonds is 9. The van der Waals surface area contributed by atoms with Gasteiger partial charge in [-0.05, 0) is 61.7 Å². The van der Waals surface area contributed by atoms with Crippen LogP contribution < -0.4 is 15.4 Å². The molecule has 0 radical (unpaired) electrons. The van der Waals surface area contributed by atoms with Gasteiger partial charge in [0, 0.05) is 27.7 Å². The van der Waals surface area contributed by atoms with E-state index in [2.05, 4.69) is 28.8 Å². The highest BCUT2D eigenvalue weighted by molar-refractivity contribution is 7.98. The molecular weight excluding hydrogens is 590 g/mol. The van der Waals surface area contributed by atoms with E-state index in [1.165, 1.54) is 5.56 Å². The molecule has 2 heterocycles. The summed E-state index contributed by atoms with van der Waals surface area (Å²) in [5.41, 5.74) is 7.16. The molecule has 0 spiro atoms. The molecule has 0 aliphatic carbocycles. The molecule has 1 unspecified atom stereocenters. The number of fused-ring (bicyclic) bond motifs is 1. The van der Waals surface area contributed by atoms with Crippen LogP contribution in [0.25, 0.3) is 0 Å². The summed E-state index contributed by atoms with van der Waals surface area (Å²) in [5, 5.41) is 12.6. The Balaban J connectivity index is 1.30. The summed E-state index contributed by atoms with van der Waals surface area (Å²) in [6.07, 6.45) is 0. The van der Waals surface area contributed by atoms with E-state index in [1.54, 1.807) is 16.4 Å². The minimum Gasteiger partial charge on any atom is -0.489 e. The summed E-state index contributed by atoms with van der Waals surface area (Å²) in [5.74, 6) is 1.82. The van der Waals surface area contributed by atoms with Gasteiger partial charge in [-0.3, -0.25) is 4.79 Å². The Bertz CT molecular complexity index is 1840. The molecule has 4 aromatic carbocycles. The summed E-state index contributed by atoms with van der Waals surface area (Å²) in [4.78, 5) is 18.8. The minimum absolute atomic E-state index is 0.203. The molecule has 9 heteroatoms. The lowest BCUT2D eigenvalue weighted by Gasteiger charge is -2.29. The molecule has 0 saturated carbocycles. The number of hydrogen-bond acceptors (Lipinski definition) is 6. The summed E-state index contributed by atoms with van der Waals surface area (Å²) in [6.45, 7) is 6.28. The third-order valence-corrected chi connectivity index (χ3v) is 8.74. The number of anilines is 2. The summed E-state index contributed by atoms with van der Waals surface area (Å²) in [7, 11) is 0. The molecule has 0 fully saturated rings. The number of ether oxygens (including phenoxy) is 1. The van der Waals surface area contributed by atoms with Gasteiger partial charge in [-0.25, -0.2) is 4.68 Å². The first-order chi connectivity index (χ1) is 21.4. The Kier molecular flexibility index (Phi) is 8.72. The number of carbonyl (C=O) groups excluding carboxylic acids is 1. The lowest BCUT2D eigenvalue weighted by atomic mass is 9.94. The van der Waals surface area contributed by atoms with Crippen molar-refractivity contribution in [3.05, 3.63) is 141 Å². The number of benzene rings is 4. The summed E-state index contributed by atoms with van der Waals surface area (Å²) in [6, 6.07) is 31.1. The van der Waals surface area contributed by atoms with Gasteiger partial charge >= 0.3 is 0 Å². The van der Waals surface area contributed by atoms with Crippen molar-refractivity contribution in [3.8, 4) is 5.75 Å². The second-order valence-electron chi connectivity index (χ2n) is 10.7. The zero-order chi connectivity index (χ0) is 30.6. The van der Waals surface area contributed by atoms with Gasteiger partial charge in [0.2, 0.25) is 11.1 Å². The van der Waals surface area contributed by atoms with Gasteiger partial charge in [-0.1, -0.05) is 102 Å². The molecule has 1 atom stereocenters. The molecule has 44 heavy (non-hydrogen) atoms. The summed E-state index contributed by atoms with van der Waals surface area (Å²) >= 11 is 7.87. The Morgan fingerprint density at radius 3 is 2.48 bits per heavy atom. The van der Waals surface area contributed by atoms with Crippen LogP contribution in [-0.4, -0.2) is 20.7 Å². The van der Waals surface area contributed by atoms with Gasteiger partial charge in [0.1, 0.15) is 18.4 Å².